The van der Waals surface area contributed by atoms with E-state index < -0.39 is 18.0 Å². The number of rotatable bonds is 8. The number of para-hydroxylation sites is 1. The number of hydrogen-bond acceptors (Lipinski definition) is 4. The third-order valence-electron chi connectivity index (χ3n) is 4.91. The first-order chi connectivity index (χ1) is 12.9. The van der Waals surface area contributed by atoms with E-state index in [0.717, 1.165) is 17.7 Å². The standard InChI is InChI=1S/C21H28N2O4/c1-5-11-22-20(25)15(4)27-21(26)16-12-19(24)23(13-16)18-10-8-7-9-17(18)14(3)6-2/h5,7-10,14-16H,1,6,11-13H2,2-4H3,(H,22,25)/t14-,15+,16-/m1/s1. The van der Waals surface area contributed by atoms with Crippen LogP contribution >= 0.6 is 0 Å². The van der Waals surface area contributed by atoms with E-state index in [4.69, 9.17) is 4.74 Å². The summed E-state index contributed by atoms with van der Waals surface area (Å²) in [6.07, 6.45) is 1.69. The quantitative estimate of drug-likeness (QED) is 0.562. The Morgan fingerprint density at radius 2 is 2.07 bits per heavy atom. The Balaban J connectivity index is 2.06. The summed E-state index contributed by atoms with van der Waals surface area (Å²) in [6.45, 7) is 9.84. The maximum absolute atomic E-state index is 12.5. The molecule has 6 nitrogen and oxygen atoms in total. The highest BCUT2D eigenvalue weighted by molar-refractivity contribution is 6.00. The van der Waals surface area contributed by atoms with Gasteiger partial charge in [-0.15, -0.1) is 6.58 Å². The second kappa shape index (κ2) is 9.35. The molecule has 1 saturated heterocycles. The van der Waals surface area contributed by atoms with Gasteiger partial charge in [0.2, 0.25) is 5.91 Å². The van der Waals surface area contributed by atoms with Crippen molar-refractivity contribution < 1.29 is 19.1 Å². The van der Waals surface area contributed by atoms with E-state index in [-0.39, 0.29) is 24.8 Å². The van der Waals surface area contributed by atoms with E-state index >= 15 is 0 Å². The van der Waals surface area contributed by atoms with Gasteiger partial charge in [-0.1, -0.05) is 38.1 Å². The van der Waals surface area contributed by atoms with Gasteiger partial charge in [0.05, 0.1) is 5.92 Å². The number of carbonyl (C=O) groups is 3. The van der Waals surface area contributed by atoms with Crippen LogP contribution in [0.3, 0.4) is 0 Å². The maximum Gasteiger partial charge on any atom is 0.312 e. The fraction of sp³-hybridized carbons (Fsp3) is 0.476. The van der Waals surface area contributed by atoms with Crippen LogP contribution in [0.1, 0.15) is 45.1 Å². The SMILES string of the molecule is C=CCNC(=O)[C@H](C)OC(=O)[C@@H]1CC(=O)N(c2ccccc2[C@H](C)CC)C1. The van der Waals surface area contributed by atoms with Crippen molar-refractivity contribution in [3.8, 4) is 0 Å². The average Bonchev–Trinajstić information content (AvgIpc) is 3.06. The molecular formula is C21H28N2O4. The summed E-state index contributed by atoms with van der Waals surface area (Å²) in [5.74, 6) is -1.26. The van der Waals surface area contributed by atoms with E-state index in [1.165, 1.54) is 6.92 Å². The molecule has 0 saturated carbocycles. The van der Waals surface area contributed by atoms with Crippen molar-refractivity contribution in [3.63, 3.8) is 0 Å². The number of ether oxygens (including phenoxy) is 1. The van der Waals surface area contributed by atoms with Crippen LogP contribution in [-0.4, -0.2) is 37.0 Å². The van der Waals surface area contributed by atoms with Crippen molar-refractivity contribution in [1.82, 2.24) is 5.32 Å². The summed E-state index contributed by atoms with van der Waals surface area (Å²) in [6, 6.07) is 7.79. The lowest BCUT2D eigenvalue weighted by Gasteiger charge is -2.23. The van der Waals surface area contributed by atoms with Crippen LogP contribution in [0.4, 0.5) is 5.69 Å². The van der Waals surface area contributed by atoms with E-state index in [2.05, 4.69) is 25.7 Å². The predicted octanol–water partition coefficient (Wildman–Crippen LogP) is 2.79. The Morgan fingerprint density at radius 1 is 1.37 bits per heavy atom. The molecule has 1 aliphatic rings. The average molecular weight is 372 g/mol. The van der Waals surface area contributed by atoms with Gasteiger partial charge in [0.25, 0.3) is 5.91 Å². The largest absolute Gasteiger partial charge is 0.452 e. The minimum absolute atomic E-state index is 0.0919. The monoisotopic (exact) mass is 372 g/mol. The van der Waals surface area contributed by atoms with Gasteiger partial charge >= 0.3 is 5.97 Å². The summed E-state index contributed by atoms with van der Waals surface area (Å²) in [4.78, 5) is 38.5. The molecule has 1 N–H and O–H groups in total. The van der Waals surface area contributed by atoms with Gasteiger partial charge in [-0.2, -0.15) is 0 Å². The van der Waals surface area contributed by atoms with Crippen LogP contribution in [-0.2, 0) is 19.1 Å². The van der Waals surface area contributed by atoms with Crippen molar-refractivity contribution in [3.05, 3.63) is 42.5 Å². The fourth-order valence-corrected chi connectivity index (χ4v) is 3.11. The summed E-state index contributed by atoms with van der Waals surface area (Å²) in [7, 11) is 0. The van der Waals surface area contributed by atoms with E-state index in [1.807, 2.05) is 24.3 Å². The zero-order valence-electron chi connectivity index (χ0n) is 16.2. The van der Waals surface area contributed by atoms with Crippen LogP contribution in [0, 0.1) is 5.92 Å². The van der Waals surface area contributed by atoms with Crippen LogP contribution < -0.4 is 10.2 Å². The second-order valence-electron chi connectivity index (χ2n) is 6.89. The number of anilines is 1. The molecule has 3 atom stereocenters. The van der Waals surface area contributed by atoms with Gasteiger partial charge in [0.1, 0.15) is 0 Å². The number of hydrogen-bond donors (Lipinski definition) is 1. The maximum atomic E-state index is 12.5. The molecule has 1 heterocycles. The van der Waals surface area contributed by atoms with E-state index in [0.29, 0.717) is 12.5 Å². The number of carbonyl (C=O) groups excluding carboxylic acids is 3. The lowest BCUT2D eigenvalue weighted by molar-refractivity contribution is -0.158. The Bertz CT molecular complexity index is 716. The number of nitrogens with one attached hydrogen (secondary N) is 1. The Labute approximate surface area is 160 Å². The molecular weight excluding hydrogens is 344 g/mol. The molecule has 1 fully saturated rings. The zero-order chi connectivity index (χ0) is 20.0. The topological polar surface area (TPSA) is 75.7 Å². The molecule has 0 aromatic heterocycles. The minimum Gasteiger partial charge on any atom is -0.452 e. The van der Waals surface area contributed by atoms with Crippen LogP contribution in [0.5, 0.6) is 0 Å². The van der Waals surface area contributed by atoms with Crippen molar-refractivity contribution in [2.24, 2.45) is 5.92 Å². The predicted molar refractivity (Wildman–Crippen MR) is 104 cm³/mol. The van der Waals surface area contributed by atoms with Crippen molar-refractivity contribution in [2.75, 3.05) is 18.0 Å². The third kappa shape index (κ3) is 4.96. The van der Waals surface area contributed by atoms with Gasteiger partial charge < -0.3 is 15.0 Å². The number of amides is 2. The molecule has 2 rings (SSSR count). The third-order valence-corrected chi connectivity index (χ3v) is 4.91. The summed E-state index contributed by atoms with van der Waals surface area (Å²) >= 11 is 0. The van der Waals surface area contributed by atoms with Crippen molar-refractivity contribution in [2.45, 2.75) is 45.6 Å². The van der Waals surface area contributed by atoms with E-state index in [9.17, 15) is 14.4 Å². The first-order valence-electron chi connectivity index (χ1n) is 9.37. The summed E-state index contributed by atoms with van der Waals surface area (Å²) in [5, 5.41) is 2.59. The molecule has 0 bridgehead atoms. The zero-order valence-corrected chi connectivity index (χ0v) is 16.2. The summed E-state index contributed by atoms with van der Waals surface area (Å²) in [5.41, 5.74) is 1.95. The molecule has 2 amide bonds. The van der Waals surface area contributed by atoms with Crippen molar-refractivity contribution >= 4 is 23.5 Å². The Hall–Kier alpha value is -2.63. The molecule has 1 aliphatic heterocycles. The van der Waals surface area contributed by atoms with Gasteiger partial charge in [-0.3, -0.25) is 14.4 Å². The lowest BCUT2D eigenvalue weighted by atomic mass is 9.96. The highest BCUT2D eigenvalue weighted by atomic mass is 16.5. The Kier molecular flexibility index (Phi) is 7.16. The molecule has 146 valence electrons. The number of nitrogens with zero attached hydrogens (tertiary/aromatic N) is 1. The molecule has 0 aliphatic carbocycles. The molecule has 6 heteroatoms. The minimum atomic E-state index is -0.908. The van der Waals surface area contributed by atoms with E-state index in [1.54, 1.807) is 11.0 Å². The Morgan fingerprint density at radius 3 is 2.74 bits per heavy atom. The van der Waals surface area contributed by atoms with Gasteiger partial charge in [-0.05, 0) is 30.9 Å². The smallest absolute Gasteiger partial charge is 0.312 e. The van der Waals surface area contributed by atoms with Crippen molar-refractivity contribution in [1.29, 1.82) is 0 Å². The second-order valence-corrected chi connectivity index (χ2v) is 6.89. The normalized spacial score (nSPS) is 18.7. The lowest BCUT2D eigenvalue weighted by Crippen LogP contribution is -2.37. The van der Waals surface area contributed by atoms with Crippen LogP contribution in [0.2, 0.25) is 0 Å². The highest BCUT2D eigenvalue weighted by Crippen LogP contribution is 2.33. The molecule has 27 heavy (non-hydrogen) atoms. The van der Waals surface area contributed by atoms with Gasteiger partial charge in [0, 0.05) is 25.2 Å². The molecule has 0 spiro atoms. The van der Waals surface area contributed by atoms with Gasteiger partial charge in [0.15, 0.2) is 6.10 Å². The highest BCUT2D eigenvalue weighted by Gasteiger charge is 2.38. The number of benzene rings is 1. The van der Waals surface area contributed by atoms with Crippen LogP contribution in [0.25, 0.3) is 0 Å². The molecule has 1 aromatic rings. The first kappa shape index (κ1) is 20.7. The van der Waals surface area contributed by atoms with Gasteiger partial charge in [-0.25, -0.2) is 0 Å². The molecule has 1 aromatic carbocycles. The molecule has 0 unspecified atom stereocenters. The van der Waals surface area contributed by atoms with Crippen LogP contribution in [0.15, 0.2) is 36.9 Å². The summed E-state index contributed by atoms with van der Waals surface area (Å²) < 4.78 is 5.26. The first-order valence-corrected chi connectivity index (χ1v) is 9.37. The molecule has 0 radical (unpaired) electrons. The fourth-order valence-electron chi connectivity index (χ4n) is 3.11. The number of esters is 1.